The summed E-state index contributed by atoms with van der Waals surface area (Å²) in [5.74, 6) is 5.00. The minimum atomic E-state index is -0.983. The number of carbonyl (C=O) groups excluding carboxylic acids is 1. The van der Waals surface area contributed by atoms with Gasteiger partial charge in [0.15, 0.2) is 0 Å². The summed E-state index contributed by atoms with van der Waals surface area (Å²) in [5, 5.41) is 8.65. The molecule has 0 saturated carbocycles. The van der Waals surface area contributed by atoms with E-state index in [0.717, 1.165) is 25.7 Å². The van der Waals surface area contributed by atoms with Crippen molar-refractivity contribution in [3.05, 3.63) is 0 Å². The van der Waals surface area contributed by atoms with Crippen LogP contribution in [0.3, 0.4) is 0 Å². The highest BCUT2D eigenvalue weighted by Crippen LogP contribution is 2.11. The Kier molecular flexibility index (Phi) is 10.9. The number of carboxylic acids is 1. The van der Waals surface area contributed by atoms with Gasteiger partial charge in [-0.3, -0.25) is 9.59 Å². The van der Waals surface area contributed by atoms with Crippen molar-refractivity contribution in [3.63, 3.8) is 0 Å². The minimum absolute atomic E-state index is 0.0394. The van der Waals surface area contributed by atoms with E-state index in [1.807, 2.05) is 0 Å². The number of rotatable bonds is 11. The van der Waals surface area contributed by atoms with E-state index in [1.54, 1.807) is 0 Å². The van der Waals surface area contributed by atoms with E-state index in [9.17, 15) is 9.59 Å². The largest absolute Gasteiger partial charge is 0.480 e. The van der Waals surface area contributed by atoms with Crippen LogP contribution in [-0.2, 0) is 19.1 Å². The first-order valence-corrected chi connectivity index (χ1v) is 8.83. The van der Waals surface area contributed by atoms with E-state index >= 15 is 0 Å². The molecule has 3 N–H and O–H groups in total. The van der Waals surface area contributed by atoms with Crippen molar-refractivity contribution in [2.24, 2.45) is 5.73 Å². The number of nitrogens with two attached hydrogens (primary N) is 1. The van der Waals surface area contributed by atoms with Crippen molar-refractivity contribution < 1.29 is 24.2 Å². The molecular weight excluding hydrogens is 310 g/mol. The maximum absolute atomic E-state index is 11.6. The number of aliphatic carboxylic acids is 1. The Morgan fingerprint density at radius 3 is 2.79 bits per heavy atom. The first kappa shape index (κ1) is 20.5. The second-order valence-corrected chi connectivity index (χ2v) is 6.04. The Hall–Kier alpha value is -1.58. The molecule has 0 saturated heterocycles. The van der Waals surface area contributed by atoms with E-state index < -0.39 is 12.0 Å². The maximum Gasteiger partial charge on any atom is 0.320 e. The average Bonchev–Trinajstić information content (AvgIpc) is 2.52. The zero-order valence-corrected chi connectivity index (χ0v) is 14.3. The summed E-state index contributed by atoms with van der Waals surface area (Å²) >= 11 is 0. The molecule has 24 heavy (non-hydrogen) atoms. The molecule has 136 valence electrons. The van der Waals surface area contributed by atoms with Gasteiger partial charge in [-0.25, -0.2) is 0 Å². The molecule has 6 heteroatoms. The highest BCUT2D eigenvalue weighted by Gasteiger charge is 2.11. The maximum atomic E-state index is 11.6. The van der Waals surface area contributed by atoms with Crippen LogP contribution in [-0.4, -0.2) is 42.4 Å². The fourth-order valence-corrected chi connectivity index (χ4v) is 2.45. The summed E-state index contributed by atoms with van der Waals surface area (Å²) in [7, 11) is 0. The lowest BCUT2D eigenvalue weighted by atomic mass is 10.1. The smallest absolute Gasteiger partial charge is 0.320 e. The Bertz CT molecular complexity index is 440. The summed E-state index contributed by atoms with van der Waals surface area (Å²) in [6, 6.07) is -0.814. The summed E-state index contributed by atoms with van der Waals surface area (Å²) in [6.07, 6.45) is 8.25. The number of carboxylic acid groups (broad SMARTS) is 1. The molecule has 1 unspecified atom stereocenters. The molecular formula is C18H29NO5. The van der Waals surface area contributed by atoms with Gasteiger partial charge in [0.2, 0.25) is 0 Å². The highest BCUT2D eigenvalue weighted by molar-refractivity contribution is 5.72. The molecule has 0 aliphatic heterocycles. The SMILES string of the molecule is N[C@@H](CCCCCC(=O)OCCOC1C#CCCCCC1)C(=O)O. The molecule has 0 amide bonds. The van der Waals surface area contributed by atoms with E-state index in [-0.39, 0.29) is 18.7 Å². The third-order valence-corrected chi connectivity index (χ3v) is 3.91. The van der Waals surface area contributed by atoms with Gasteiger partial charge in [0.05, 0.1) is 6.61 Å². The van der Waals surface area contributed by atoms with Crippen molar-refractivity contribution >= 4 is 11.9 Å². The fraction of sp³-hybridized carbons (Fsp3) is 0.778. The van der Waals surface area contributed by atoms with Crippen LogP contribution in [0.25, 0.3) is 0 Å². The monoisotopic (exact) mass is 339 g/mol. The molecule has 0 aromatic carbocycles. The van der Waals surface area contributed by atoms with Gasteiger partial charge in [0, 0.05) is 12.8 Å². The van der Waals surface area contributed by atoms with Gasteiger partial charge < -0.3 is 20.3 Å². The molecule has 2 atom stereocenters. The third kappa shape index (κ3) is 10.2. The topological polar surface area (TPSA) is 98.9 Å². The van der Waals surface area contributed by atoms with Crippen molar-refractivity contribution in [3.8, 4) is 11.8 Å². The number of ether oxygens (including phenoxy) is 2. The number of hydrogen-bond donors (Lipinski definition) is 2. The van der Waals surface area contributed by atoms with Gasteiger partial charge in [-0.2, -0.15) is 0 Å². The van der Waals surface area contributed by atoms with Gasteiger partial charge in [-0.05, 0) is 32.1 Å². The van der Waals surface area contributed by atoms with Crippen LogP contribution in [0.5, 0.6) is 0 Å². The second kappa shape index (κ2) is 12.8. The molecule has 1 aliphatic carbocycles. The van der Waals surface area contributed by atoms with Crippen LogP contribution in [0.15, 0.2) is 0 Å². The zero-order valence-electron chi connectivity index (χ0n) is 14.3. The Morgan fingerprint density at radius 1 is 1.17 bits per heavy atom. The molecule has 0 spiro atoms. The molecule has 0 bridgehead atoms. The van der Waals surface area contributed by atoms with Crippen molar-refractivity contribution in [2.45, 2.75) is 76.4 Å². The molecule has 6 nitrogen and oxygen atoms in total. The Labute approximate surface area is 144 Å². The van der Waals surface area contributed by atoms with Gasteiger partial charge in [0.1, 0.15) is 18.8 Å². The quantitative estimate of drug-likeness (QED) is 0.340. The molecule has 0 radical (unpaired) electrons. The minimum Gasteiger partial charge on any atom is -0.480 e. The lowest BCUT2D eigenvalue weighted by Crippen LogP contribution is -2.29. The summed E-state index contributed by atoms with van der Waals surface area (Å²) < 4.78 is 10.8. The second-order valence-electron chi connectivity index (χ2n) is 6.04. The van der Waals surface area contributed by atoms with E-state index in [2.05, 4.69) is 11.8 Å². The number of carbonyl (C=O) groups is 2. The van der Waals surface area contributed by atoms with Crippen molar-refractivity contribution in [1.29, 1.82) is 0 Å². The number of unbranched alkanes of at least 4 members (excludes halogenated alkanes) is 2. The van der Waals surface area contributed by atoms with E-state index in [1.165, 1.54) is 12.8 Å². The van der Waals surface area contributed by atoms with E-state index in [4.69, 9.17) is 20.3 Å². The van der Waals surface area contributed by atoms with Gasteiger partial charge >= 0.3 is 11.9 Å². The standard InChI is InChI=1S/C18H29NO5/c19-16(18(21)22)11-7-4-8-12-17(20)24-14-13-23-15-9-5-2-1-3-6-10-15/h15-16H,1-5,7-9,11-14,19H2,(H,21,22)/t15?,16-/m0/s1. The first-order chi connectivity index (χ1) is 11.6. The van der Waals surface area contributed by atoms with Gasteiger partial charge in [-0.15, -0.1) is 5.92 Å². The van der Waals surface area contributed by atoms with E-state index in [0.29, 0.717) is 32.3 Å². The van der Waals surface area contributed by atoms with Crippen LogP contribution in [0.2, 0.25) is 0 Å². The molecule has 0 fully saturated rings. The predicted octanol–water partition coefficient (Wildman–Crippen LogP) is 2.24. The lowest BCUT2D eigenvalue weighted by molar-refractivity contribution is -0.145. The van der Waals surface area contributed by atoms with Crippen LogP contribution in [0.1, 0.15) is 64.2 Å². The lowest BCUT2D eigenvalue weighted by Gasteiger charge is -2.13. The summed E-state index contributed by atoms with van der Waals surface area (Å²) in [4.78, 5) is 22.1. The molecule has 1 aliphatic rings. The van der Waals surface area contributed by atoms with Crippen LogP contribution in [0.4, 0.5) is 0 Å². The van der Waals surface area contributed by atoms with Crippen molar-refractivity contribution in [2.75, 3.05) is 13.2 Å². The molecule has 0 aromatic heterocycles. The molecule has 0 heterocycles. The van der Waals surface area contributed by atoms with Crippen LogP contribution < -0.4 is 5.73 Å². The van der Waals surface area contributed by atoms with Gasteiger partial charge in [0.25, 0.3) is 0 Å². The van der Waals surface area contributed by atoms with Crippen molar-refractivity contribution in [1.82, 2.24) is 0 Å². The first-order valence-electron chi connectivity index (χ1n) is 8.83. The Balaban J connectivity index is 1.98. The number of hydrogen-bond acceptors (Lipinski definition) is 5. The summed E-state index contributed by atoms with van der Waals surface area (Å²) in [6.45, 7) is 0.624. The van der Waals surface area contributed by atoms with Gasteiger partial charge in [-0.1, -0.05) is 25.2 Å². The van der Waals surface area contributed by atoms with Crippen LogP contribution >= 0.6 is 0 Å². The summed E-state index contributed by atoms with van der Waals surface area (Å²) in [5.41, 5.74) is 5.40. The van der Waals surface area contributed by atoms with Crippen LogP contribution in [0, 0.1) is 11.8 Å². The third-order valence-electron chi connectivity index (χ3n) is 3.91. The molecule has 0 aromatic rings. The average molecular weight is 339 g/mol. The predicted molar refractivity (Wildman–Crippen MR) is 90.3 cm³/mol. The fourth-order valence-electron chi connectivity index (χ4n) is 2.45. The number of esters is 1. The highest BCUT2D eigenvalue weighted by atomic mass is 16.6. The molecule has 1 rings (SSSR count). The zero-order chi connectivity index (χ0) is 17.6. The Morgan fingerprint density at radius 2 is 2.00 bits per heavy atom. The normalized spacial score (nSPS) is 18.6.